The van der Waals surface area contributed by atoms with Gasteiger partial charge < -0.3 is 10.1 Å². The van der Waals surface area contributed by atoms with Crippen molar-refractivity contribution in [2.24, 2.45) is 0 Å². The maximum Gasteiger partial charge on any atom is 0.417 e. The summed E-state index contributed by atoms with van der Waals surface area (Å²) < 4.78 is 45.4. The number of aromatic nitrogens is 2. The molecule has 0 saturated carbocycles. The number of pyridine rings is 2. The minimum atomic E-state index is -4.64. The Balaban J connectivity index is 1.42. The van der Waals surface area contributed by atoms with Crippen molar-refractivity contribution >= 4 is 35.0 Å². The normalized spacial score (nSPS) is 15.6. The van der Waals surface area contributed by atoms with Gasteiger partial charge in [-0.05, 0) is 48.7 Å². The maximum atomic E-state index is 13.1. The number of rotatable bonds is 5. The van der Waals surface area contributed by atoms with Crippen molar-refractivity contribution < 1.29 is 32.3 Å². The highest BCUT2D eigenvalue weighted by molar-refractivity contribution is 6.27. The van der Waals surface area contributed by atoms with E-state index in [9.17, 15) is 27.6 Å². The van der Waals surface area contributed by atoms with Gasteiger partial charge in [-0.15, -0.1) is 0 Å². The lowest BCUT2D eigenvalue weighted by Gasteiger charge is -2.21. The minimum Gasteiger partial charge on any atom is -0.457 e. The summed E-state index contributed by atoms with van der Waals surface area (Å²) in [5.41, 5.74) is 0.592. The molecule has 4 heterocycles. The number of urea groups is 1. The molecule has 2 aliphatic heterocycles. The molecule has 2 aliphatic rings. The van der Waals surface area contributed by atoms with Crippen molar-refractivity contribution in [3.05, 3.63) is 65.6 Å². The SMILES string of the molecule is CCc1cc(N2C(=O)CN(c3cncc(C(F)(F)F)c3)C2=O)ccc1Oc1ccnc2c1CCC(=O)N2. The van der Waals surface area contributed by atoms with E-state index in [1.54, 1.807) is 18.2 Å². The second-order valence-electron chi connectivity index (χ2n) is 8.46. The molecule has 5 rings (SSSR count). The minimum absolute atomic E-state index is 0.120. The summed E-state index contributed by atoms with van der Waals surface area (Å²) in [6.45, 7) is 1.46. The van der Waals surface area contributed by atoms with E-state index in [0.29, 0.717) is 48.3 Å². The average molecular weight is 511 g/mol. The lowest BCUT2D eigenvalue weighted by Crippen LogP contribution is -2.33. The third-order valence-corrected chi connectivity index (χ3v) is 6.10. The molecule has 12 heteroatoms. The first-order valence-corrected chi connectivity index (χ1v) is 11.4. The Morgan fingerprint density at radius 1 is 1.03 bits per heavy atom. The zero-order valence-electron chi connectivity index (χ0n) is 19.5. The molecule has 2 aromatic heterocycles. The number of nitrogens with one attached hydrogen (secondary N) is 1. The highest BCUT2D eigenvalue weighted by Crippen LogP contribution is 2.37. The molecule has 4 amide bonds. The zero-order chi connectivity index (χ0) is 26.3. The van der Waals surface area contributed by atoms with Crippen LogP contribution in [0.4, 0.5) is 35.2 Å². The number of ether oxygens (including phenoxy) is 1. The van der Waals surface area contributed by atoms with Crippen molar-refractivity contribution in [3.8, 4) is 11.5 Å². The number of benzene rings is 1. The Kier molecular flexibility index (Phi) is 6.02. The van der Waals surface area contributed by atoms with E-state index in [1.165, 1.54) is 12.3 Å². The monoisotopic (exact) mass is 511 g/mol. The quantitative estimate of drug-likeness (QED) is 0.498. The molecule has 0 spiro atoms. The molecular formula is C25H20F3N5O4. The lowest BCUT2D eigenvalue weighted by atomic mass is 10.1. The number of alkyl halides is 3. The predicted octanol–water partition coefficient (Wildman–Crippen LogP) is 4.71. The Morgan fingerprint density at radius 3 is 2.59 bits per heavy atom. The van der Waals surface area contributed by atoms with Crippen LogP contribution in [0.3, 0.4) is 0 Å². The molecule has 0 aliphatic carbocycles. The van der Waals surface area contributed by atoms with Crippen LogP contribution >= 0.6 is 0 Å². The highest BCUT2D eigenvalue weighted by Gasteiger charge is 2.40. The van der Waals surface area contributed by atoms with Gasteiger partial charge in [-0.1, -0.05) is 6.92 Å². The number of amides is 4. The second-order valence-corrected chi connectivity index (χ2v) is 8.46. The largest absolute Gasteiger partial charge is 0.457 e. The first-order valence-electron chi connectivity index (χ1n) is 11.4. The number of aryl methyl sites for hydroxylation is 1. The fourth-order valence-corrected chi connectivity index (χ4v) is 4.24. The number of halogens is 3. The summed E-state index contributed by atoms with van der Waals surface area (Å²) in [4.78, 5) is 47.2. The van der Waals surface area contributed by atoms with Crippen LogP contribution in [0.15, 0.2) is 48.9 Å². The number of carbonyl (C=O) groups is 3. The molecule has 1 saturated heterocycles. The fourth-order valence-electron chi connectivity index (χ4n) is 4.24. The molecule has 37 heavy (non-hydrogen) atoms. The number of hydrogen-bond donors (Lipinski definition) is 1. The van der Waals surface area contributed by atoms with Crippen LogP contribution in [0, 0.1) is 0 Å². The van der Waals surface area contributed by atoms with E-state index in [4.69, 9.17) is 4.74 Å². The summed E-state index contributed by atoms with van der Waals surface area (Å²) in [6, 6.07) is 6.49. The first-order chi connectivity index (χ1) is 17.7. The molecule has 0 bridgehead atoms. The second kappa shape index (κ2) is 9.19. The smallest absolute Gasteiger partial charge is 0.417 e. The van der Waals surface area contributed by atoms with E-state index in [0.717, 1.165) is 27.6 Å². The number of anilines is 3. The van der Waals surface area contributed by atoms with Crippen LogP contribution in [0.2, 0.25) is 0 Å². The zero-order valence-corrected chi connectivity index (χ0v) is 19.5. The predicted molar refractivity (Wildman–Crippen MR) is 127 cm³/mol. The molecule has 0 radical (unpaired) electrons. The van der Waals surface area contributed by atoms with Gasteiger partial charge in [0, 0.05) is 24.4 Å². The molecule has 0 atom stereocenters. The summed E-state index contributed by atoms with van der Waals surface area (Å²) in [6.07, 6.45) is -0.0588. The molecule has 190 valence electrons. The van der Waals surface area contributed by atoms with E-state index in [2.05, 4.69) is 15.3 Å². The van der Waals surface area contributed by atoms with Crippen molar-refractivity contribution in [1.82, 2.24) is 9.97 Å². The van der Waals surface area contributed by atoms with Crippen LogP contribution in [0.1, 0.15) is 30.0 Å². The molecule has 1 fully saturated rings. The third-order valence-electron chi connectivity index (χ3n) is 6.10. The van der Waals surface area contributed by atoms with Gasteiger partial charge in [0.05, 0.1) is 23.1 Å². The molecule has 3 aromatic rings. The number of imide groups is 1. The van der Waals surface area contributed by atoms with Gasteiger partial charge >= 0.3 is 12.2 Å². The number of carbonyl (C=O) groups excluding carboxylic acids is 3. The molecule has 1 aromatic carbocycles. The standard InChI is InChI=1S/C25H20F3N5O4/c1-2-14-9-16(3-5-19(14)37-20-7-8-30-23-18(20)4-6-21(34)31-23)33-22(35)13-32(24(33)36)17-10-15(11-29-12-17)25(26,27)28/h3,5,7-12H,2,4,6,13H2,1H3,(H,30,31,34). The van der Waals surface area contributed by atoms with Crippen molar-refractivity contribution in [2.45, 2.75) is 32.4 Å². The average Bonchev–Trinajstić information content (AvgIpc) is 3.17. The van der Waals surface area contributed by atoms with Gasteiger partial charge in [0.15, 0.2) is 0 Å². The van der Waals surface area contributed by atoms with Crippen LogP contribution < -0.4 is 19.9 Å². The Morgan fingerprint density at radius 2 is 1.84 bits per heavy atom. The fraction of sp³-hybridized carbons (Fsp3) is 0.240. The summed E-state index contributed by atoms with van der Waals surface area (Å²) in [5.74, 6) is 0.766. The van der Waals surface area contributed by atoms with Crippen molar-refractivity contribution in [1.29, 1.82) is 0 Å². The Bertz CT molecular complexity index is 1430. The van der Waals surface area contributed by atoms with E-state index >= 15 is 0 Å². The van der Waals surface area contributed by atoms with Crippen LogP contribution in [-0.4, -0.2) is 34.4 Å². The van der Waals surface area contributed by atoms with Gasteiger partial charge in [0.25, 0.3) is 5.91 Å². The molecule has 1 N–H and O–H groups in total. The summed E-state index contributed by atoms with van der Waals surface area (Å²) in [5, 5.41) is 2.72. The van der Waals surface area contributed by atoms with Gasteiger partial charge in [0.1, 0.15) is 23.9 Å². The topological polar surface area (TPSA) is 105 Å². The van der Waals surface area contributed by atoms with Gasteiger partial charge in [-0.2, -0.15) is 13.2 Å². The summed E-state index contributed by atoms with van der Waals surface area (Å²) in [7, 11) is 0. The van der Waals surface area contributed by atoms with Gasteiger partial charge in [-0.25, -0.2) is 14.7 Å². The third kappa shape index (κ3) is 4.57. The van der Waals surface area contributed by atoms with Crippen molar-refractivity contribution in [2.75, 3.05) is 21.7 Å². The summed E-state index contributed by atoms with van der Waals surface area (Å²) >= 11 is 0. The number of fused-ring (bicyclic) bond motifs is 1. The van der Waals surface area contributed by atoms with E-state index < -0.39 is 30.2 Å². The molecular weight excluding hydrogens is 491 g/mol. The highest BCUT2D eigenvalue weighted by atomic mass is 19.4. The first kappa shape index (κ1) is 24.2. The molecule has 9 nitrogen and oxygen atoms in total. The number of nitrogens with zero attached hydrogens (tertiary/aromatic N) is 4. The van der Waals surface area contributed by atoms with E-state index in [1.807, 2.05) is 6.92 Å². The van der Waals surface area contributed by atoms with Crippen LogP contribution in [0.25, 0.3) is 0 Å². The molecule has 0 unspecified atom stereocenters. The van der Waals surface area contributed by atoms with Gasteiger partial charge in [0.2, 0.25) is 5.91 Å². The number of hydrogen-bond acceptors (Lipinski definition) is 6. The Hall–Kier alpha value is -4.48. The maximum absolute atomic E-state index is 13.1. The Labute approximate surface area is 208 Å². The van der Waals surface area contributed by atoms with Crippen LogP contribution in [0.5, 0.6) is 11.5 Å². The van der Waals surface area contributed by atoms with Gasteiger partial charge in [-0.3, -0.25) is 19.5 Å². The lowest BCUT2D eigenvalue weighted by molar-refractivity contribution is -0.137. The van der Waals surface area contributed by atoms with Crippen molar-refractivity contribution in [3.63, 3.8) is 0 Å². The van der Waals surface area contributed by atoms with E-state index in [-0.39, 0.29) is 17.3 Å². The van der Waals surface area contributed by atoms with Crippen LogP contribution in [-0.2, 0) is 28.6 Å².